The van der Waals surface area contributed by atoms with E-state index in [1.807, 2.05) is 0 Å². The first-order valence-electron chi connectivity index (χ1n) is 8.65. The maximum Gasteiger partial charge on any atom is 0.249 e. The highest BCUT2D eigenvalue weighted by molar-refractivity contribution is 6.88. The topological polar surface area (TPSA) is 9.23 Å². The smallest absolute Gasteiger partial charge is 0.249 e. The quantitative estimate of drug-likeness (QED) is 0.416. The maximum atomic E-state index is 6.86. The average molecular weight is 349 g/mol. The zero-order valence-corrected chi connectivity index (χ0v) is 18.9. The lowest BCUT2D eigenvalue weighted by molar-refractivity contribution is 0.407. The van der Waals surface area contributed by atoms with Gasteiger partial charge in [-0.05, 0) is 34.8 Å². The van der Waals surface area contributed by atoms with Gasteiger partial charge in [-0.3, -0.25) is 0 Å². The molecule has 0 saturated carbocycles. The van der Waals surface area contributed by atoms with E-state index in [2.05, 4.69) is 104 Å². The molecule has 1 aromatic rings. The molecule has 0 atom stereocenters. The van der Waals surface area contributed by atoms with Gasteiger partial charge in [0.1, 0.15) is 8.07 Å². The van der Waals surface area contributed by atoms with Gasteiger partial charge in [-0.1, -0.05) is 85.0 Å². The van der Waals surface area contributed by atoms with Crippen LogP contribution in [-0.4, -0.2) is 16.4 Å². The molecule has 0 aromatic heterocycles. The number of rotatable bonds is 4. The fourth-order valence-corrected chi connectivity index (χ4v) is 5.80. The molecule has 23 heavy (non-hydrogen) atoms. The van der Waals surface area contributed by atoms with Crippen molar-refractivity contribution in [1.82, 2.24) is 0 Å². The van der Waals surface area contributed by atoms with Gasteiger partial charge >= 0.3 is 0 Å². The molecule has 1 rings (SSSR count). The lowest BCUT2D eigenvalue weighted by Crippen LogP contribution is -2.48. The molecule has 0 aliphatic heterocycles. The van der Waals surface area contributed by atoms with Crippen molar-refractivity contribution >= 4 is 22.5 Å². The Labute approximate surface area is 146 Å². The summed E-state index contributed by atoms with van der Waals surface area (Å²) < 4.78 is 6.86. The van der Waals surface area contributed by atoms with Gasteiger partial charge in [0.25, 0.3) is 0 Å². The molecule has 1 nitrogen and oxygen atoms in total. The van der Waals surface area contributed by atoms with E-state index in [9.17, 15) is 0 Å². The van der Waals surface area contributed by atoms with Crippen molar-refractivity contribution < 1.29 is 4.43 Å². The highest BCUT2D eigenvalue weighted by Gasteiger charge is 2.46. The molecule has 0 radical (unpaired) electrons. The van der Waals surface area contributed by atoms with Crippen LogP contribution in [0, 0.1) is 0 Å². The van der Waals surface area contributed by atoms with Crippen LogP contribution in [0.15, 0.2) is 35.7 Å². The van der Waals surface area contributed by atoms with Gasteiger partial charge < -0.3 is 4.43 Å². The summed E-state index contributed by atoms with van der Waals surface area (Å²) in [5.74, 6) is 0. The van der Waals surface area contributed by atoms with Gasteiger partial charge in [0, 0.05) is 0 Å². The first kappa shape index (κ1) is 20.2. The van der Waals surface area contributed by atoms with Gasteiger partial charge in [-0.25, -0.2) is 0 Å². The monoisotopic (exact) mass is 348 g/mol. The van der Waals surface area contributed by atoms with Crippen molar-refractivity contribution in [3.63, 3.8) is 0 Å². The summed E-state index contributed by atoms with van der Waals surface area (Å²) in [7, 11) is -3.58. The van der Waals surface area contributed by atoms with Crippen LogP contribution >= 0.6 is 0 Å². The van der Waals surface area contributed by atoms with Crippen molar-refractivity contribution in [3.8, 4) is 0 Å². The number of hydrogen-bond acceptors (Lipinski definition) is 1. The van der Waals surface area contributed by atoms with Crippen LogP contribution in [0.5, 0.6) is 0 Å². The highest BCUT2D eigenvalue weighted by atomic mass is 28.4. The number of benzene rings is 1. The van der Waals surface area contributed by atoms with E-state index in [-0.39, 0.29) is 10.1 Å². The minimum atomic E-state index is -1.84. The third kappa shape index (κ3) is 4.83. The Bertz CT molecular complexity index is 543. The summed E-state index contributed by atoms with van der Waals surface area (Å²) in [5, 5.41) is 1.73. The van der Waals surface area contributed by atoms with Crippen molar-refractivity contribution in [3.05, 3.63) is 41.3 Å². The molecule has 0 heterocycles. The van der Waals surface area contributed by atoms with Crippen LogP contribution in [0.1, 0.15) is 47.1 Å². The van der Waals surface area contributed by atoms with Crippen LogP contribution in [0.2, 0.25) is 36.3 Å². The second-order valence-corrected chi connectivity index (χ2v) is 19.6. The number of hydrogen-bond donors (Lipinski definition) is 0. The van der Waals surface area contributed by atoms with E-state index in [4.69, 9.17) is 4.43 Å². The van der Waals surface area contributed by atoms with Crippen LogP contribution in [0.3, 0.4) is 0 Å². The standard InChI is InChI=1S/C20H36OSi2/c1-19(2,3)22(7,8)18(16-17-14-12-11-13-15-17)21-23(9,10)20(4,5)6/h11-16H,1-10H3/b18-16+. The minimum absolute atomic E-state index is 0.213. The van der Waals surface area contributed by atoms with Crippen molar-refractivity contribution in [2.75, 3.05) is 0 Å². The fraction of sp³-hybridized carbons (Fsp3) is 0.600. The summed E-state index contributed by atoms with van der Waals surface area (Å²) >= 11 is 0. The molecule has 0 aliphatic rings. The SMILES string of the molecule is CC(C)(C)[Si](C)(C)O/C(=C\c1ccccc1)[Si](C)(C)C(C)(C)C. The molecule has 0 spiro atoms. The molecular weight excluding hydrogens is 312 g/mol. The zero-order valence-electron chi connectivity index (χ0n) is 16.9. The molecule has 0 fully saturated rings. The second kappa shape index (κ2) is 6.60. The Morgan fingerprint density at radius 2 is 1.30 bits per heavy atom. The van der Waals surface area contributed by atoms with Crippen molar-refractivity contribution in [1.29, 1.82) is 0 Å². The third-order valence-corrected chi connectivity index (χ3v) is 15.5. The predicted octanol–water partition coefficient (Wildman–Crippen LogP) is 7.10. The van der Waals surface area contributed by atoms with Gasteiger partial charge in [0.15, 0.2) is 0 Å². The Morgan fingerprint density at radius 3 is 1.70 bits per heavy atom. The first-order valence-corrected chi connectivity index (χ1v) is 14.6. The van der Waals surface area contributed by atoms with Gasteiger partial charge in [-0.15, -0.1) is 0 Å². The summed E-state index contributed by atoms with van der Waals surface area (Å²) in [6.07, 6.45) is 2.30. The highest BCUT2D eigenvalue weighted by Crippen LogP contribution is 2.45. The van der Waals surface area contributed by atoms with Crippen LogP contribution in [0.25, 0.3) is 6.08 Å². The van der Waals surface area contributed by atoms with Gasteiger partial charge in [0.05, 0.1) is 5.38 Å². The third-order valence-electron chi connectivity index (χ3n) is 5.76. The normalized spacial score (nSPS) is 14.8. The van der Waals surface area contributed by atoms with E-state index in [0.29, 0.717) is 0 Å². The van der Waals surface area contributed by atoms with Crippen LogP contribution in [0.4, 0.5) is 0 Å². The lowest BCUT2D eigenvalue weighted by Gasteiger charge is -2.45. The molecule has 0 amide bonds. The average Bonchev–Trinajstić information content (AvgIpc) is 2.36. The molecule has 1 aromatic carbocycles. The summed E-state index contributed by atoms with van der Waals surface area (Å²) in [6, 6.07) is 10.6. The van der Waals surface area contributed by atoms with Gasteiger partial charge in [0.2, 0.25) is 8.32 Å². The molecule has 130 valence electrons. The van der Waals surface area contributed by atoms with Crippen molar-refractivity contribution in [2.24, 2.45) is 0 Å². The zero-order chi connectivity index (χ0) is 18.1. The van der Waals surface area contributed by atoms with E-state index in [0.717, 1.165) is 0 Å². The Balaban J connectivity index is 3.37. The fourth-order valence-electron chi connectivity index (χ4n) is 1.84. The van der Waals surface area contributed by atoms with Crippen LogP contribution < -0.4 is 0 Å². The minimum Gasteiger partial charge on any atom is -0.550 e. The molecule has 0 aliphatic carbocycles. The van der Waals surface area contributed by atoms with E-state index >= 15 is 0 Å². The van der Waals surface area contributed by atoms with E-state index in [1.165, 1.54) is 10.9 Å². The molecule has 0 bridgehead atoms. The first-order chi connectivity index (χ1) is 10.2. The molecule has 0 N–H and O–H groups in total. The van der Waals surface area contributed by atoms with Gasteiger partial charge in [-0.2, -0.15) is 0 Å². The van der Waals surface area contributed by atoms with E-state index < -0.39 is 16.4 Å². The van der Waals surface area contributed by atoms with E-state index in [1.54, 1.807) is 0 Å². The molecular formula is C20H36OSi2. The molecule has 0 saturated heterocycles. The molecule has 3 heteroatoms. The molecule has 0 unspecified atom stereocenters. The maximum absolute atomic E-state index is 6.86. The van der Waals surface area contributed by atoms with Crippen molar-refractivity contribution in [2.45, 2.75) is 77.8 Å². The summed E-state index contributed by atoms with van der Waals surface area (Å²) in [6.45, 7) is 23.6. The van der Waals surface area contributed by atoms with Crippen LogP contribution in [-0.2, 0) is 4.43 Å². The summed E-state index contributed by atoms with van der Waals surface area (Å²) in [5.41, 5.74) is 1.24. The Kier molecular flexibility index (Phi) is 5.81. The Morgan fingerprint density at radius 1 is 0.826 bits per heavy atom. The largest absolute Gasteiger partial charge is 0.550 e. The Hall–Kier alpha value is -0.806. The second-order valence-electron chi connectivity index (χ2n) is 9.66. The summed E-state index contributed by atoms with van der Waals surface area (Å²) in [4.78, 5) is 0. The lowest BCUT2D eigenvalue weighted by atomic mass is 10.2. The predicted molar refractivity (Wildman–Crippen MR) is 110 cm³/mol.